The first-order valence-electron chi connectivity index (χ1n) is 16.1. The molecule has 242 valence electrons. The van der Waals surface area contributed by atoms with Crippen LogP contribution in [0.3, 0.4) is 0 Å². The topological polar surface area (TPSA) is 108 Å². The molecule has 10 nitrogen and oxygen atoms in total. The molecule has 5 unspecified atom stereocenters. The van der Waals surface area contributed by atoms with Gasteiger partial charge in [0.25, 0.3) is 5.91 Å². The largest absolute Gasteiger partial charge is 0.496 e. The molecule has 45 heavy (non-hydrogen) atoms. The van der Waals surface area contributed by atoms with Crippen molar-refractivity contribution in [3.05, 3.63) is 53.2 Å². The lowest BCUT2D eigenvalue weighted by molar-refractivity contribution is -0.199. The second-order valence-electron chi connectivity index (χ2n) is 14.6. The first-order valence-corrected chi connectivity index (χ1v) is 16.1. The molecule has 1 N–H and O–H groups in total. The lowest BCUT2D eigenvalue weighted by Gasteiger charge is -2.64. The molecule has 1 aromatic carbocycles. The number of anilines is 1. The number of carbonyl (C=O) groups is 2. The number of morpholine rings is 1. The fourth-order valence-electron chi connectivity index (χ4n) is 7.76. The van der Waals surface area contributed by atoms with E-state index in [1.54, 1.807) is 24.4 Å². The highest BCUT2D eigenvalue weighted by molar-refractivity contribution is 6.48. The lowest BCUT2D eigenvalue weighted by Crippen LogP contribution is -2.65. The molecular weight excluding hydrogens is 573 g/mol. The Bertz CT molecular complexity index is 1420. The third-order valence-electron chi connectivity index (χ3n) is 10.3. The van der Waals surface area contributed by atoms with Gasteiger partial charge in [0.05, 0.1) is 43.5 Å². The molecular formula is C34H46BN3O7. The predicted molar refractivity (Wildman–Crippen MR) is 171 cm³/mol. The van der Waals surface area contributed by atoms with Gasteiger partial charge in [-0.15, -0.1) is 0 Å². The molecule has 2 bridgehead atoms. The van der Waals surface area contributed by atoms with Crippen molar-refractivity contribution in [3.63, 3.8) is 0 Å². The number of hydrogen-bond donors (Lipinski definition) is 1. The van der Waals surface area contributed by atoms with Crippen molar-refractivity contribution < 1.29 is 33.1 Å². The number of para-hydroxylation sites is 1. The molecule has 1 aromatic heterocycles. The van der Waals surface area contributed by atoms with Crippen LogP contribution in [0, 0.1) is 17.3 Å². The van der Waals surface area contributed by atoms with Crippen LogP contribution in [-0.4, -0.2) is 80.6 Å². The third-order valence-corrected chi connectivity index (χ3v) is 10.3. The quantitative estimate of drug-likeness (QED) is 0.338. The molecule has 1 amide bonds. The third kappa shape index (κ3) is 6.06. The first kappa shape index (κ1) is 31.8. The van der Waals surface area contributed by atoms with Crippen molar-refractivity contribution in [2.45, 2.75) is 84.1 Å². The van der Waals surface area contributed by atoms with E-state index < -0.39 is 30.2 Å². The Hall–Kier alpha value is -3.15. The molecule has 5 aliphatic rings. The summed E-state index contributed by atoms with van der Waals surface area (Å²) < 4.78 is 30.4. The summed E-state index contributed by atoms with van der Waals surface area (Å²) in [4.78, 5) is 33.6. The zero-order chi connectivity index (χ0) is 32.1. The van der Waals surface area contributed by atoms with Gasteiger partial charge in [-0.3, -0.25) is 4.79 Å². The van der Waals surface area contributed by atoms with Crippen LogP contribution in [0.5, 0.6) is 5.75 Å². The van der Waals surface area contributed by atoms with Gasteiger partial charge < -0.3 is 33.7 Å². The van der Waals surface area contributed by atoms with Gasteiger partial charge in [-0.25, -0.2) is 9.78 Å². The Labute approximate surface area is 266 Å². The minimum absolute atomic E-state index is 0.0526. The molecule has 3 heterocycles. The Morgan fingerprint density at radius 2 is 1.89 bits per heavy atom. The number of benzene rings is 1. The fraction of sp³-hybridized carbons (Fsp3) is 0.618. The van der Waals surface area contributed by atoms with Crippen molar-refractivity contribution in [1.29, 1.82) is 0 Å². The summed E-state index contributed by atoms with van der Waals surface area (Å²) >= 11 is 0. The van der Waals surface area contributed by atoms with Gasteiger partial charge in [-0.2, -0.15) is 0 Å². The van der Waals surface area contributed by atoms with E-state index in [0.29, 0.717) is 48.3 Å². The summed E-state index contributed by atoms with van der Waals surface area (Å²) in [5.74, 6) is 0.877. The fourth-order valence-corrected chi connectivity index (χ4v) is 7.76. The van der Waals surface area contributed by atoms with E-state index in [4.69, 9.17) is 23.5 Å². The highest BCUT2D eigenvalue weighted by Crippen LogP contribution is 2.65. The Morgan fingerprint density at radius 1 is 1.13 bits per heavy atom. The zero-order valence-corrected chi connectivity index (χ0v) is 27.6. The van der Waals surface area contributed by atoms with Crippen molar-refractivity contribution >= 4 is 24.8 Å². The maximum absolute atomic E-state index is 13.7. The number of amides is 1. The minimum Gasteiger partial charge on any atom is -0.496 e. The number of hydrogen-bond acceptors (Lipinski definition) is 9. The molecule has 2 saturated heterocycles. The number of pyridine rings is 1. The van der Waals surface area contributed by atoms with E-state index in [1.807, 2.05) is 32.9 Å². The standard InChI is InChI=1S/C34H46BN3O7/c1-32(2,3)43-31(40)24-10-8-9-21(29(24)41-7)17-27(35-44-26-19-23-18-25(33(23,4)5)34(26,6)45-35)37-30(39)22-11-12-28(36-20-22)38-13-15-42-16-14-38/h8-12,20,23,25-27H,13-19H2,1-7H3,(H,37,39). The molecule has 0 radical (unpaired) electrons. The molecule has 2 aromatic rings. The number of aromatic nitrogens is 1. The monoisotopic (exact) mass is 619 g/mol. The van der Waals surface area contributed by atoms with Crippen LogP contribution in [0.15, 0.2) is 36.5 Å². The highest BCUT2D eigenvalue weighted by atomic mass is 16.7. The van der Waals surface area contributed by atoms with Crippen molar-refractivity contribution in [1.82, 2.24) is 10.3 Å². The first-order chi connectivity index (χ1) is 21.3. The van der Waals surface area contributed by atoms with Gasteiger partial charge in [0, 0.05) is 19.3 Å². The van der Waals surface area contributed by atoms with Crippen molar-refractivity contribution in [3.8, 4) is 5.75 Å². The van der Waals surface area contributed by atoms with Crippen LogP contribution in [0.1, 0.15) is 80.7 Å². The van der Waals surface area contributed by atoms with Crippen LogP contribution in [0.2, 0.25) is 0 Å². The summed E-state index contributed by atoms with van der Waals surface area (Å²) in [7, 11) is 0.852. The maximum Gasteiger partial charge on any atom is 0.482 e. The molecule has 3 saturated carbocycles. The SMILES string of the molecule is COc1c(CC(NC(=O)c2ccc(N3CCOCC3)nc2)B2OC3CC4CC(C4(C)C)C3(C)O2)cccc1C(=O)OC(C)(C)C. The van der Waals surface area contributed by atoms with Crippen LogP contribution >= 0.6 is 0 Å². The normalized spacial score (nSPS) is 27.7. The molecule has 3 aliphatic carbocycles. The van der Waals surface area contributed by atoms with Crippen LogP contribution < -0.4 is 15.0 Å². The Morgan fingerprint density at radius 3 is 2.53 bits per heavy atom. The average Bonchev–Trinajstić information content (AvgIpc) is 3.37. The van der Waals surface area contributed by atoms with Crippen LogP contribution in [0.25, 0.3) is 0 Å². The molecule has 0 spiro atoms. The van der Waals surface area contributed by atoms with E-state index in [0.717, 1.165) is 37.3 Å². The number of nitrogens with zero attached hydrogens (tertiary/aromatic N) is 2. The molecule has 11 heteroatoms. The van der Waals surface area contributed by atoms with Crippen molar-refractivity contribution in [2.75, 3.05) is 38.3 Å². The number of ether oxygens (including phenoxy) is 3. The van der Waals surface area contributed by atoms with Crippen LogP contribution in [0.4, 0.5) is 5.82 Å². The van der Waals surface area contributed by atoms with E-state index in [-0.39, 0.29) is 17.4 Å². The molecule has 5 atom stereocenters. The second-order valence-corrected chi connectivity index (χ2v) is 14.6. The lowest BCUT2D eigenvalue weighted by atomic mass is 9.43. The number of nitrogens with one attached hydrogen (secondary N) is 1. The number of methoxy groups -OCH3 is 1. The highest BCUT2D eigenvalue weighted by Gasteiger charge is 2.68. The smallest absolute Gasteiger partial charge is 0.482 e. The summed E-state index contributed by atoms with van der Waals surface area (Å²) in [6.07, 6.45) is 3.93. The van der Waals surface area contributed by atoms with Crippen LogP contribution in [-0.2, 0) is 25.2 Å². The molecule has 7 rings (SSSR count). The number of rotatable bonds is 8. The van der Waals surface area contributed by atoms with Gasteiger partial charge >= 0.3 is 13.1 Å². The molecule has 2 aliphatic heterocycles. The summed E-state index contributed by atoms with van der Waals surface area (Å²) in [6, 6.07) is 9.06. The minimum atomic E-state index is -0.686. The zero-order valence-electron chi connectivity index (χ0n) is 27.6. The van der Waals surface area contributed by atoms with E-state index in [2.05, 4.69) is 36.0 Å². The Balaban J connectivity index is 1.27. The predicted octanol–water partition coefficient (Wildman–Crippen LogP) is 4.49. The second kappa shape index (κ2) is 11.9. The number of carbonyl (C=O) groups excluding carboxylic acids is 2. The van der Waals surface area contributed by atoms with Gasteiger partial charge in [-0.05, 0) is 88.0 Å². The maximum atomic E-state index is 13.7. The van der Waals surface area contributed by atoms with E-state index in [9.17, 15) is 9.59 Å². The number of esters is 1. The van der Waals surface area contributed by atoms with Gasteiger partial charge in [0.15, 0.2) is 0 Å². The summed E-state index contributed by atoms with van der Waals surface area (Å²) in [5.41, 5.74) is 0.581. The molecule has 5 fully saturated rings. The van der Waals surface area contributed by atoms with Gasteiger partial charge in [0.2, 0.25) is 0 Å². The van der Waals surface area contributed by atoms with Crippen molar-refractivity contribution in [2.24, 2.45) is 17.3 Å². The average molecular weight is 620 g/mol. The Kier molecular flexibility index (Phi) is 8.41. The summed E-state index contributed by atoms with van der Waals surface area (Å²) in [6.45, 7) is 15.1. The van der Waals surface area contributed by atoms with E-state index in [1.165, 1.54) is 7.11 Å². The van der Waals surface area contributed by atoms with Gasteiger partial charge in [0.1, 0.15) is 22.7 Å². The summed E-state index contributed by atoms with van der Waals surface area (Å²) in [5, 5.41) is 3.20. The van der Waals surface area contributed by atoms with E-state index >= 15 is 0 Å². The van der Waals surface area contributed by atoms with Gasteiger partial charge in [-0.1, -0.05) is 26.0 Å².